The molecule has 3 rings (SSSR count). The van der Waals surface area contributed by atoms with Gasteiger partial charge in [-0.05, 0) is 30.8 Å². The van der Waals surface area contributed by atoms with Crippen LogP contribution < -0.4 is 20.1 Å². The molecule has 1 aliphatic rings. The molecular formula is C21H22N2O4S. The predicted molar refractivity (Wildman–Crippen MR) is 110 cm³/mol. The summed E-state index contributed by atoms with van der Waals surface area (Å²) in [6.45, 7) is 1.98. The van der Waals surface area contributed by atoms with E-state index in [1.807, 2.05) is 42.5 Å². The maximum Gasteiger partial charge on any atom is 0.338 e. The average molecular weight is 398 g/mol. The number of benzene rings is 2. The summed E-state index contributed by atoms with van der Waals surface area (Å²) in [5.41, 5.74) is 2.72. The molecule has 0 bridgehead atoms. The van der Waals surface area contributed by atoms with Crippen molar-refractivity contribution in [2.75, 3.05) is 14.2 Å². The molecule has 6 nitrogen and oxygen atoms in total. The van der Waals surface area contributed by atoms with E-state index in [4.69, 9.17) is 26.4 Å². The number of thiocarbonyl (C=S) groups is 1. The predicted octanol–water partition coefficient (Wildman–Crippen LogP) is 3.24. The normalized spacial score (nSPS) is 16.1. The van der Waals surface area contributed by atoms with Crippen molar-refractivity contribution in [3.63, 3.8) is 0 Å². The molecule has 0 amide bonds. The number of methoxy groups -OCH3 is 2. The van der Waals surface area contributed by atoms with Gasteiger partial charge in [0.15, 0.2) is 16.6 Å². The second-order valence-electron chi connectivity index (χ2n) is 6.21. The minimum absolute atomic E-state index is 0.183. The minimum atomic E-state index is -0.526. The number of nitrogens with one attached hydrogen (secondary N) is 2. The summed E-state index contributed by atoms with van der Waals surface area (Å²) >= 11 is 5.30. The molecule has 0 saturated heterocycles. The molecule has 2 aromatic carbocycles. The quantitative estimate of drug-likeness (QED) is 0.572. The Bertz CT molecular complexity index is 912. The maximum absolute atomic E-state index is 13.0. The smallest absolute Gasteiger partial charge is 0.338 e. The number of ether oxygens (including phenoxy) is 3. The Labute approximate surface area is 169 Å². The minimum Gasteiger partial charge on any atom is -0.493 e. The van der Waals surface area contributed by atoms with E-state index in [0.29, 0.717) is 27.9 Å². The van der Waals surface area contributed by atoms with Crippen molar-refractivity contribution in [3.8, 4) is 11.5 Å². The molecule has 1 aliphatic heterocycles. The third kappa shape index (κ3) is 4.09. The fourth-order valence-corrected chi connectivity index (χ4v) is 3.41. The van der Waals surface area contributed by atoms with E-state index in [-0.39, 0.29) is 6.61 Å². The Morgan fingerprint density at radius 1 is 1.07 bits per heavy atom. The summed E-state index contributed by atoms with van der Waals surface area (Å²) < 4.78 is 16.5. The number of allylic oxidation sites excluding steroid dienone is 1. The van der Waals surface area contributed by atoms with Gasteiger partial charge >= 0.3 is 5.97 Å². The number of hydrogen-bond donors (Lipinski definition) is 2. The second-order valence-corrected chi connectivity index (χ2v) is 6.62. The molecule has 0 aromatic heterocycles. The van der Waals surface area contributed by atoms with Gasteiger partial charge in [-0.2, -0.15) is 0 Å². The van der Waals surface area contributed by atoms with Gasteiger partial charge in [-0.15, -0.1) is 0 Å². The fourth-order valence-electron chi connectivity index (χ4n) is 3.14. The molecule has 0 saturated carbocycles. The summed E-state index contributed by atoms with van der Waals surface area (Å²) in [6.07, 6.45) is 0. The van der Waals surface area contributed by atoms with Crippen molar-refractivity contribution >= 4 is 23.3 Å². The fraction of sp³-hybridized carbons (Fsp3) is 0.238. The van der Waals surface area contributed by atoms with E-state index < -0.39 is 12.0 Å². The molecule has 2 aromatic rings. The highest BCUT2D eigenvalue weighted by Gasteiger charge is 2.33. The third-order valence-electron chi connectivity index (χ3n) is 4.45. The van der Waals surface area contributed by atoms with Crippen LogP contribution in [0.4, 0.5) is 0 Å². The van der Waals surface area contributed by atoms with E-state index in [9.17, 15) is 4.79 Å². The van der Waals surface area contributed by atoms with Gasteiger partial charge in [-0.3, -0.25) is 0 Å². The van der Waals surface area contributed by atoms with Gasteiger partial charge in [0.1, 0.15) is 6.61 Å². The topological polar surface area (TPSA) is 68.8 Å². The first-order valence-electron chi connectivity index (χ1n) is 8.75. The summed E-state index contributed by atoms with van der Waals surface area (Å²) in [4.78, 5) is 13.0. The third-order valence-corrected chi connectivity index (χ3v) is 4.67. The van der Waals surface area contributed by atoms with E-state index in [1.54, 1.807) is 27.2 Å². The zero-order valence-electron chi connectivity index (χ0n) is 15.9. The van der Waals surface area contributed by atoms with Gasteiger partial charge in [0.05, 0.1) is 25.8 Å². The molecular weight excluding hydrogens is 376 g/mol. The molecule has 2 N–H and O–H groups in total. The maximum atomic E-state index is 13.0. The van der Waals surface area contributed by atoms with Gasteiger partial charge in [0, 0.05) is 11.3 Å². The highest BCUT2D eigenvalue weighted by atomic mass is 32.1. The Morgan fingerprint density at radius 3 is 2.50 bits per heavy atom. The molecule has 1 heterocycles. The van der Waals surface area contributed by atoms with Crippen LogP contribution in [0.2, 0.25) is 0 Å². The van der Waals surface area contributed by atoms with Gasteiger partial charge in [0.2, 0.25) is 0 Å². The van der Waals surface area contributed by atoms with Crippen LogP contribution in [-0.4, -0.2) is 25.3 Å². The molecule has 0 radical (unpaired) electrons. The van der Waals surface area contributed by atoms with Crippen molar-refractivity contribution in [2.45, 2.75) is 19.6 Å². The van der Waals surface area contributed by atoms with E-state index in [1.165, 1.54) is 0 Å². The van der Waals surface area contributed by atoms with Crippen molar-refractivity contribution in [1.82, 2.24) is 10.6 Å². The lowest BCUT2D eigenvalue weighted by Crippen LogP contribution is -2.45. The summed E-state index contributed by atoms with van der Waals surface area (Å²) in [7, 11) is 3.13. The van der Waals surface area contributed by atoms with Crippen LogP contribution in [0.25, 0.3) is 0 Å². The number of hydrogen-bond acceptors (Lipinski definition) is 5. The Morgan fingerprint density at radius 2 is 1.82 bits per heavy atom. The van der Waals surface area contributed by atoms with Crippen molar-refractivity contribution in [3.05, 3.63) is 70.9 Å². The molecule has 0 aliphatic carbocycles. The molecule has 1 atom stereocenters. The van der Waals surface area contributed by atoms with Crippen LogP contribution in [-0.2, 0) is 16.1 Å². The molecule has 28 heavy (non-hydrogen) atoms. The van der Waals surface area contributed by atoms with Crippen LogP contribution in [0.15, 0.2) is 59.8 Å². The molecule has 0 spiro atoms. The lowest BCUT2D eigenvalue weighted by Gasteiger charge is -2.31. The monoisotopic (exact) mass is 398 g/mol. The SMILES string of the molecule is COc1cccc(C2NC(=S)NC(C)=C2C(=O)OCc2ccccc2)c1OC. The molecule has 0 fully saturated rings. The van der Waals surface area contributed by atoms with Crippen LogP contribution in [0.1, 0.15) is 24.1 Å². The zero-order valence-corrected chi connectivity index (χ0v) is 16.8. The first-order chi connectivity index (χ1) is 13.5. The second kappa shape index (κ2) is 8.75. The van der Waals surface area contributed by atoms with E-state index >= 15 is 0 Å². The average Bonchev–Trinajstić information content (AvgIpc) is 2.71. The number of carbonyl (C=O) groups is 1. The standard InChI is InChI=1S/C21H22N2O4S/c1-13-17(20(24)27-12-14-8-5-4-6-9-14)18(23-21(28)22-13)15-10-7-11-16(25-2)19(15)26-3/h4-11,18H,12H2,1-3H3,(H2,22,23,28). The first-order valence-corrected chi connectivity index (χ1v) is 9.16. The van der Waals surface area contributed by atoms with Crippen LogP contribution in [0, 0.1) is 0 Å². The number of carbonyl (C=O) groups excluding carboxylic acids is 1. The van der Waals surface area contributed by atoms with Crippen molar-refractivity contribution in [1.29, 1.82) is 0 Å². The van der Waals surface area contributed by atoms with Crippen LogP contribution in [0.5, 0.6) is 11.5 Å². The number of rotatable bonds is 6. The van der Waals surface area contributed by atoms with Crippen molar-refractivity contribution < 1.29 is 19.0 Å². The Hall–Kier alpha value is -3.06. The van der Waals surface area contributed by atoms with E-state index in [0.717, 1.165) is 11.1 Å². The van der Waals surface area contributed by atoms with Crippen molar-refractivity contribution in [2.24, 2.45) is 0 Å². The van der Waals surface area contributed by atoms with Gasteiger partial charge in [-0.1, -0.05) is 42.5 Å². The Kier molecular flexibility index (Phi) is 6.16. The first kappa shape index (κ1) is 19.7. The Balaban J connectivity index is 1.94. The lowest BCUT2D eigenvalue weighted by molar-refractivity contribution is -0.140. The largest absolute Gasteiger partial charge is 0.493 e. The summed E-state index contributed by atoms with van der Waals surface area (Å²) in [5, 5.41) is 6.57. The van der Waals surface area contributed by atoms with E-state index in [2.05, 4.69) is 10.6 Å². The lowest BCUT2D eigenvalue weighted by atomic mass is 9.94. The summed E-state index contributed by atoms with van der Waals surface area (Å²) in [6, 6.07) is 14.5. The molecule has 146 valence electrons. The molecule has 7 heteroatoms. The van der Waals surface area contributed by atoms with Gasteiger partial charge in [0.25, 0.3) is 0 Å². The number of para-hydroxylation sites is 1. The zero-order chi connectivity index (χ0) is 20.1. The van der Waals surface area contributed by atoms with Gasteiger partial charge < -0.3 is 24.8 Å². The summed E-state index contributed by atoms with van der Waals surface area (Å²) in [5.74, 6) is 0.674. The van der Waals surface area contributed by atoms with Crippen LogP contribution >= 0.6 is 12.2 Å². The molecule has 1 unspecified atom stereocenters. The number of esters is 1. The highest BCUT2D eigenvalue weighted by molar-refractivity contribution is 7.80. The highest BCUT2D eigenvalue weighted by Crippen LogP contribution is 2.39. The van der Waals surface area contributed by atoms with Crippen LogP contribution in [0.3, 0.4) is 0 Å². The van der Waals surface area contributed by atoms with Gasteiger partial charge in [-0.25, -0.2) is 4.79 Å².